The molecule has 0 aromatic heterocycles. The van der Waals surface area contributed by atoms with E-state index in [1.54, 1.807) is 23.1 Å². The standard InChI is InChI=1S/C13H15Cl2N3OS/c14-10-2-1-9(7-11(10)15)13(19)18-5-3-17(4-6-18)8-12(16)20/h1-2,7H,3-6,8H2,(H2,16,20). The Hall–Kier alpha value is -0.880. The number of rotatable bonds is 3. The van der Waals surface area contributed by atoms with E-state index in [2.05, 4.69) is 4.90 Å². The second-order valence-electron chi connectivity index (χ2n) is 4.66. The molecule has 0 unspecified atom stereocenters. The van der Waals surface area contributed by atoms with E-state index < -0.39 is 0 Å². The Morgan fingerprint density at radius 1 is 1.20 bits per heavy atom. The first-order chi connectivity index (χ1) is 9.47. The van der Waals surface area contributed by atoms with Crippen LogP contribution in [0.5, 0.6) is 0 Å². The topological polar surface area (TPSA) is 49.6 Å². The summed E-state index contributed by atoms with van der Waals surface area (Å²) in [5, 5.41) is 0.842. The molecule has 108 valence electrons. The fraction of sp³-hybridized carbons (Fsp3) is 0.385. The Morgan fingerprint density at radius 3 is 2.40 bits per heavy atom. The average molecular weight is 332 g/mol. The minimum atomic E-state index is -0.0291. The Labute approximate surface area is 133 Å². The summed E-state index contributed by atoms with van der Waals surface area (Å²) < 4.78 is 0. The number of amides is 1. The second kappa shape index (κ2) is 6.72. The van der Waals surface area contributed by atoms with Gasteiger partial charge in [-0.3, -0.25) is 9.69 Å². The van der Waals surface area contributed by atoms with Gasteiger partial charge in [0.05, 0.1) is 15.0 Å². The quantitative estimate of drug-likeness (QED) is 0.861. The van der Waals surface area contributed by atoms with Gasteiger partial charge in [0.1, 0.15) is 0 Å². The lowest BCUT2D eigenvalue weighted by molar-refractivity contribution is 0.0654. The van der Waals surface area contributed by atoms with Crippen molar-refractivity contribution in [1.29, 1.82) is 0 Å². The third-order valence-corrected chi connectivity index (χ3v) is 4.07. The fourth-order valence-corrected chi connectivity index (χ4v) is 2.62. The first-order valence-corrected chi connectivity index (χ1v) is 7.39. The summed E-state index contributed by atoms with van der Waals surface area (Å²) >= 11 is 16.7. The third kappa shape index (κ3) is 3.82. The zero-order chi connectivity index (χ0) is 14.7. The Balaban J connectivity index is 1.97. The van der Waals surface area contributed by atoms with Gasteiger partial charge in [0.25, 0.3) is 5.91 Å². The van der Waals surface area contributed by atoms with E-state index in [4.69, 9.17) is 41.2 Å². The molecule has 20 heavy (non-hydrogen) atoms. The van der Waals surface area contributed by atoms with Crippen molar-refractivity contribution < 1.29 is 4.79 Å². The first kappa shape index (κ1) is 15.5. The van der Waals surface area contributed by atoms with Crippen molar-refractivity contribution in [2.45, 2.75) is 0 Å². The molecule has 1 aliphatic rings. The van der Waals surface area contributed by atoms with E-state index in [0.29, 0.717) is 40.2 Å². The number of nitrogens with two attached hydrogens (primary N) is 1. The molecule has 0 bridgehead atoms. The molecule has 4 nitrogen and oxygen atoms in total. The Morgan fingerprint density at radius 2 is 1.85 bits per heavy atom. The number of nitrogens with zero attached hydrogens (tertiary/aromatic N) is 2. The molecule has 1 aromatic rings. The smallest absolute Gasteiger partial charge is 0.253 e. The van der Waals surface area contributed by atoms with Crippen molar-refractivity contribution in [2.75, 3.05) is 32.7 Å². The molecular formula is C13H15Cl2N3OS. The third-order valence-electron chi connectivity index (χ3n) is 3.21. The number of thiocarbonyl (C=S) groups is 1. The van der Waals surface area contributed by atoms with Gasteiger partial charge in [-0.15, -0.1) is 0 Å². The monoisotopic (exact) mass is 331 g/mol. The SMILES string of the molecule is NC(=S)CN1CCN(C(=O)c2ccc(Cl)c(Cl)c2)CC1. The summed E-state index contributed by atoms with van der Waals surface area (Å²) in [5.74, 6) is -0.0291. The summed E-state index contributed by atoms with van der Waals surface area (Å²) in [6.45, 7) is 3.45. The van der Waals surface area contributed by atoms with Crippen LogP contribution in [0.15, 0.2) is 18.2 Å². The number of halogens is 2. The van der Waals surface area contributed by atoms with E-state index in [9.17, 15) is 4.79 Å². The Bertz CT molecular complexity index is 530. The molecular weight excluding hydrogens is 317 g/mol. The zero-order valence-corrected chi connectivity index (χ0v) is 13.1. The van der Waals surface area contributed by atoms with Crippen LogP contribution in [-0.2, 0) is 0 Å². The highest BCUT2D eigenvalue weighted by molar-refractivity contribution is 7.80. The Kier molecular flexibility index (Phi) is 5.21. The van der Waals surface area contributed by atoms with Crippen LogP contribution in [0.4, 0.5) is 0 Å². The first-order valence-electron chi connectivity index (χ1n) is 6.22. The number of hydrogen-bond donors (Lipinski definition) is 1. The predicted octanol–water partition coefficient (Wildman–Crippen LogP) is 2.04. The van der Waals surface area contributed by atoms with Crippen LogP contribution in [0.2, 0.25) is 10.0 Å². The summed E-state index contributed by atoms with van der Waals surface area (Å²) in [5.41, 5.74) is 6.08. The molecule has 0 atom stereocenters. The number of hydrogen-bond acceptors (Lipinski definition) is 3. The molecule has 0 spiro atoms. The lowest BCUT2D eigenvalue weighted by Gasteiger charge is -2.34. The lowest BCUT2D eigenvalue weighted by Crippen LogP contribution is -2.50. The van der Waals surface area contributed by atoms with E-state index in [1.165, 1.54) is 0 Å². The van der Waals surface area contributed by atoms with Gasteiger partial charge in [0, 0.05) is 38.3 Å². The molecule has 0 saturated carbocycles. The van der Waals surface area contributed by atoms with E-state index in [-0.39, 0.29) is 5.91 Å². The van der Waals surface area contributed by atoms with Gasteiger partial charge >= 0.3 is 0 Å². The van der Waals surface area contributed by atoms with E-state index >= 15 is 0 Å². The lowest BCUT2D eigenvalue weighted by atomic mass is 10.2. The molecule has 0 aliphatic carbocycles. The van der Waals surface area contributed by atoms with Crippen molar-refractivity contribution in [3.63, 3.8) is 0 Å². The van der Waals surface area contributed by atoms with Gasteiger partial charge in [0.2, 0.25) is 0 Å². The largest absolute Gasteiger partial charge is 0.392 e. The summed E-state index contributed by atoms with van der Waals surface area (Å²) in [4.78, 5) is 16.8. The van der Waals surface area contributed by atoms with Gasteiger partial charge < -0.3 is 10.6 Å². The molecule has 2 rings (SSSR count). The number of piperazine rings is 1. The summed E-state index contributed by atoms with van der Waals surface area (Å²) in [7, 11) is 0. The maximum absolute atomic E-state index is 12.3. The van der Waals surface area contributed by atoms with E-state index in [1.807, 2.05) is 0 Å². The predicted molar refractivity (Wildman–Crippen MR) is 85.6 cm³/mol. The molecule has 0 radical (unpaired) electrons. The molecule has 2 N–H and O–H groups in total. The van der Waals surface area contributed by atoms with Crippen LogP contribution < -0.4 is 5.73 Å². The van der Waals surface area contributed by atoms with Gasteiger partial charge in [-0.2, -0.15) is 0 Å². The maximum Gasteiger partial charge on any atom is 0.253 e. The zero-order valence-electron chi connectivity index (χ0n) is 10.8. The summed E-state index contributed by atoms with van der Waals surface area (Å²) in [6, 6.07) is 4.94. The molecule has 1 amide bonds. The minimum absolute atomic E-state index is 0.0291. The van der Waals surface area contributed by atoms with Crippen LogP contribution in [0.25, 0.3) is 0 Å². The van der Waals surface area contributed by atoms with Crippen molar-refractivity contribution in [3.8, 4) is 0 Å². The van der Waals surface area contributed by atoms with Crippen molar-refractivity contribution in [1.82, 2.24) is 9.80 Å². The number of carbonyl (C=O) groups excluding carboxylic acids is 1. The maximum atomic E-state index is 12.3. The average Bonchev–Trinajstić information content (AvgIpc) is 2.41. The van der Waals surface area contributed by atoms with Crippen LogP contribution in [0.3, 0.4) is 0 Å². The summed E-state index contributed by atoms with van der Waals surface area (Å²) in [6.07, 6.45) is 0. The molecule has 1 fully saturated rings. The van der Waals surface area contributed by atoms with Crippen LogP contribution in [-0.4, -0.2) is 53.4 Å². The van der Waals surface area contributed by atoms with Crippen molar-refractivity contribution in [2.24, 2.45) is 5.73 Å². The number of benzene rings is 1. The molecule has 1 heterocycles. The van der Waals surface area contributed by atoms with Gasteiger partial charge in [-0.1, -0.05) is 35.4 Å². The fourth-order valence-electron chi connectivity index (χ4n) is 2.14. The minimum Gasteiger partial charge on any atom is -0.392 e. The molecule has 1 aliphatic heterocycles. The molecule has 1 aromatic carbocycles. The molecule has 1 saturated heterocycles. The van der Waals surface area contributed by atoms with Crippen LogP contribution >= 0.6 is 35.4 Å². The highest BCUT2D eigenvalue weighted by Gasteiger charge is 2.22. The van der Waals surface area contributed by atoms with Gasteiger partial charge in [-0.05, 0) is 18.2 Å². The van der Waals surface area contributed by atoms with Crippen LogP contribution in [0.1, 0.15) is 10.4 Å². The van der Waals surface area contributed by atoms with E-state index in [0.717, 1.165) is 13.1 Å². The van der Waals surface area contributed by atoms with Gasteiger partial charge in [-0.25, -0.2) is 0 Å². The highest BCUT2D eigenvalue weighted by Crippen LogP contribution is 2.23. The highest BCUT2D eigenvalue weighted by atomic mass is 35.5. The van der Waals surface area contributed by atoms with Crippen molar-refractivity contribution >= 4 is 46.3 Å². The van der Waals surface area contributed by atoms with Gasteiger partial charge in [0.15, 0.2) is 0 Å². The normalized spacial score (nSPS) is 16.2. The molecule has 7 heteroatoms. The van der Waals surface area contributed by atoms with Crippen LogP contribution in [0, 0.1) is 0 Å². The van der Waals surface area contributed by atoms with Crippen molar-refractivity contribution in [3.05, 3.63) is 33.8 Å². The second-order valence-corrected chi connectivity index (χ2v) is 6.00. The number of carbonyl (C=O) groups is 1.